The van der Waals surface area contributed by atoms with E-state index in [1.165, 1.54) is 12.5 Å². The van der Waals surface area contributed by atoms with Gasteiger partial charge in [0.2, 0.25) is 0 Å². The highest BCUT2D eigenvalue weighted by atomic mass is 16.5. The summed E-state index contributed by atoms with van der Waals surface area (Å²) in [7, 11) is 0. The van der Waals surface area contributed by atoms with Gasteiger partial charge in [-0.25, -0.2) is 20.0 Å². The zero-order chi connectivity index (χ0) is 18.6. The first-order chi connectivity index (χ1) is 13.2. The van der Waals surface area contributed by atoms with Crippen LogP contribution in [0.15, 0.2) is 58.8 Å². The molecule has 4 rings (SSSR count). The van der Waals surface area contributed by atoms with Gasteiger partial charge in [-0.2, -0.15) is 0 Å². The summed E-state index contributed by atoms with van der Waals surface area (Å²) in [6.45, 7) is -0.296. The molecule has 1 N–H and O–H groups in total. The standard InChI is InChI=1S/C19H13N5O3/c25-17-9-21-18(26)10-27-13-5-6-16-14(7-13)19(23-11-22-16)24-15-4-2-1-3-12(15)8-20-17/h1-9,11H,10H2,(H,22,23,24). The topological polar surface area (TPSA) is 106 Å². The summed E-state index contributed by atoms with van der Waals surface area (Å²) >= 11 is 0. The Morgan fingerprint density at radius 2 is 1.85 bits per heavy atom. The van der Waals surface area contributed by atoms with E-state index in [4.69, 9.17) is 4.74 Å². The summed E-state index contributed by atoms with van der Waals surface area (Å²) in [5, 5.41) is 3.97. The molecule has 2 amide bonds. The third-order valence-electron chi connectivity index (χ3n) is 3.83. The Balaban J connectivity index is 1.86. The van der Waals surface area contributed by atoms with Gasteiger partial charge < -0.3 is 10.1 Å². The van der Waals surface area contributed by atoms with Crippen LogP contribution in [-0.2, 0) is 9.59 Å². The Labute approximate surface area is 153 Å². The lowest BCUT2D eigenvalue weighted by Crippen LogP contribution is -2.10. The number of hydrogen-bond acceptors (Lipinski definition) is 6. The minimum absolute atomic E-state index is 0.296. The highest BCUT2D eigenvalue weighted by Crippen LogP contribution is 2.27. The van der Waals surface area contributed by atoms with Crippen LogP contribution in [0.2, 0.25) is 0 Å². The van der Waals surface area contributed by atoms with Crippen LogP contribution in [0, 0.1) is 0 Å². The number of para-hydroxylation sites is 1. The molecular formula is C19H13N5O3. The molecule has 0 saturated heterocycles. The third-order valence-corrected chi connectivity index (χ3v) is 3.83. The van der Waals surface area contributed by atoms with Gasteiger partial charge in [0, 0.05) is 22.9 Å². The average molecular weight is 359 g/mol. The second kappa shape index (κ2) is 7.12. The number of rotatable bonds is 0. The van der Waals surface area contributed by atoms with Crippen molar-refractivity contribution in [3.05, 3.63) is 54.4 Å². The summed E-state index contributed by atoms with van der Waals surface area (Å²) in [5.74, 6) is -0.195. The van der Waals surface area contributed by atoms with Gasteiger partial charge in [-0.3, -0.25) is 9.59 Å². The van der Waals surface area contributed by atoms with Crippen molar-refractivity contribution in [2.24, 2.45) is 9.98 Å². The number of carbonyl (C=O) groups is 2. The Morgan fingerprint density at radius 1 is 0.963 bits per heavy atom. The van der Waals surface area contributed by atoms with E-state index in [1.807, 2.05) is 18.2 Å². The number of aromatic nitrogens is 2. The molecular weight excluding hydrogens is 346 g/mol. The first-order valence-electron chi connectivity index (χ1n) is 8.07. The van der Waals surface area contributed by atoms with E-state index in [0.29, 0.717) is 22.8 Å². The smallest absolute Gasteiger partial charge is 0.288 e. The lowest BCUT2D eigenvalue weighted by molar-refractivity contribution is -0.120. The number of hydrogen-bond donors (Lipinski definition) is 1. The van der Waals surface area contributed by atoms with E-state index in [2.05, 4.69) is 25.3 Å². The Kier molecular flexibility index (Phi) is 4.36. The molecule has 132 valence electrons. The van der Waals surface area contributed by atoms with Crippen LogP contribution < -0.4 is 10.1 Å². The third kappa shape index (κ3) is 3.69. The molecule has 2 bridgehead atoms. The Hall–Kier alpha value is -3.94. The fourth-order valence-corrected chi connectivity index (χ4v) is 2.55. The normalized spacial score (nSPS) is 14.2. The number of carbonyl (C=O) groups excluding carboxylic acids is 2. The molecule has 0 unspecified atom stereocenters. The molecule has 2 heterocycles. The minimum Gasteiger partial charge on any atom is -0.484 e. The molecule has 1 aliphatic heterocycles. The van der Waals surface area contributed by atoms with Crippen LogP contribution in [-0.4, -0.2) is 40.8 Å². The molecule has 8 heteroatoms. The van der Waals surface area contributed by atoms with Gasteiger partial charge in [-0.1, -0.05) is 18.2 Å². The minimum atomic E-state index is -0.641. The van der Waals surface area contributed by atoms with E-state index in [0.717, 1.165) is 17.1 Å². The maximum atomic E-state index is 11.8. The number of anilines is 2. The van der Waals surface area contributed by atoms with E-state index < -0.39 is 11.8 Å². The first kappa shape index (κ1) is 16.5. The van der Waals surface area contributed by atoms with Crippen molar-refractivity contribution in [2.75, 3.05) is 11.9 Å². The van der Waals surface area contributed by atoms with Crippen molar-refractivity contribution >= 4 is 46.7 Å². The number of nitrogens with zero attached hydrogens (tertiary/aromatic N) is 4. The molecule has 0 aliphatic carbocycles. The zero-order valence-corrected chi connectivity index (χ0v) is 14.0. The fourth-order valence-electron chi connectivity index (χ4n) is 2.55. The van der Waals surface area contributed by atoms with Crippen LogP contribution in [0.4, 0.5) is 11.5 Å². The molecule has 8 nitrogen and oxygen atoms in total. The molecule has 0 fully saturated rings. The first-order valence-corrected chi connectivity index (χ1v) is 8.07. The average Bonchev–Trinajstić information content (AvgIpc) is 2.70. The summed E-state index contributed by atoms with van der Waals surface area (Å²) in [5.41, 5.74) is 2.11. The number of fused-ring (bicyclic) bond motifs is 2. The maximum absolute atomic E-state index is 11.8. The van der Waals surface area contributed by atoms with Crippen molar-refractivity contribution < 1.29 is 14.3 Å². The summed E-state index contributed by atoms with van der Waals surface area (Å²) in [6.07, 6.45) is 3.74. The van der Waals surface area contributed by atoms with Crippen LogP contribution in [0.25, 0.3) is 10.9 Å². The molecule has 3 aromatic rings. The molecule has 0 spiro atoms. The lowest BCUT2D eigenvalue weighted by Gasteiger charge is -2.11. The number of aliphatic imine (C=N–C) groups is 2. The van der Waals surface area contributed by atoms with Gasteiger partial charge in [0.05, 0.1) is 11.7 Å². The van der Waals surface area contributed by atoms with Crippen molar-refractivity contribution in [2.45, 2.75) is 0 Å². The molecule has 0 radical (unpaired) electrons. The van der Waals surface area contributed by atoms with Crippen LogP contribution in [0.1, 0.15) is 5.56 Å². The second-order valence-corrected chi connectivity index (χ2v) is 5.65. The van der Waals surface area contributed by atoms with Crippen LogP contribution in [0.5, 0.6) is 5.75 Å². The molecule has 1 aliphatic rings. The molecule has 1 aromatic heterocycles. The fraction of sp³-hybridized carbons (Fsp3) is 0.0526. The van der Waals surface area contributed by atoms with Gasteiger partial charge in [0.15, 0.2) is 6.61 Å². The second-order valence-electron chi connectivity index (χ2n) is 5.65. The SMILES string of the molecule is O=C1C=NC(=O)COc2ccc3ncnc(c3c2)Nc2ccccc2C=N1. The number of benzene rings is 2. The predicted molar refractivity (Wildman–Crippen MR) is 101 cm³/mol. The Morgan fingerprint density at radius 3 is 2.78 bits per heavy atom. The Bertz CT molecular complexity index is 1110. The number of amides is 2. The van der Waals surface area contributed by atoms with E-state index >= 15 is 0 Å². The molecule has 27 heavy (non-hydrogen) atoms. The molecule has 0 saturated carbocycles. The van der Waals surface area contributed by atoms with Gasteiger partial charge in [0.1, 0.15) is 17.9 Å². The zero-order valence-electron chi connectivity index (χ0n) is 14.0. The summed E-state index contributed by atoms with van der Waals surface area (Å²) < 4.78 is 5.46. The van der Waals surface area contributed by atoms with Crippen molar-refractivity contribution in [3.8, 4) is 5.75 Å². The maximum Gasteiger partial charge on any atom is 0.288 e. The van der Waals surface area contributed by atoms with Gasteiger partial charge in [0.25, 0.3) is 11.8 Å². The van der Waals surface area contributed by atoms with Crippen LogP contribution >= 0.6 is 0 Å². The molecule has 0 atom stereocenters. The van der Waals surface area contributed by atoms with Crippen LogP contribution in [0.3, 0.4) is 0 Å². The molecule has 2 aromatic carbocycles. The summed E-state index contributed by atoms with van der Waals surface area (Å²) in [4.78, 5) is 39.5. The number of nitrogens with one attached hydrogen (secondary N) is 1. The lowest BCUT2D eigenvalue weighted by atomic mass is 10.1. The number of ether oxygens (including phenoxy) is 1. The van der Waals surface area contributed by atoms with Crippen molar-refractivity contribution in [3.63, 3.8) is 0 Å². The van der Waals surface area contributed by atoms with Crippen molar-refractivity contribution in [1.82, 2.24) is 9.97 Å². The van der Waals surface area contributed by atoms with E-state index in [1.54, 1.807) is 24.3 Å². The van der Waals surface area contributed by atoms with E-state index in [-0.39, 0.29) is 6.61 Å². The van der Waals surface area contributed by atoms with E-state index in [9.17, 15) is 9.59 Å². The van der Waals surface area contributed by atoms with Gasteiger partial charge in [-0.15, -0.1) is 0 Å². The van der Waals surface area contributed by atoms with Gasteiger partial charge >= 0.3 is 0 Å². The summed E-state index contributed by atoms with van der Waals surface area (Å²) in [6, 6.07) is 12.6. The van der Waals surface area contributed by atoms with Crippen molar-refractivity contribution in [1.29, 1.82) is 0 Å². The van der Waals surface area contributed by atoms with Gasteiger partial charge in [-0.05, 0) is 24.3 Å². The largest absolute Gasteiger partial charge is 0.484 e. The highest BCUT2D eigenvalue weighted by molar-refractivity contribution is 6.30. The quantitative estimate of drug-likeness (QED) is 0.660. The highest BCUT2D eigenvalue weighted by Gasteiger charge is 2.10. The monoisotopic (exact) mass is 359 g/mol. The predicted octanol–water partition coefficient (Wildman–Crippen LogP) is 2.31.